The maximum Gasteiger partial charge on any atom is 0.417 e. The summed E-state index contributed by atoms with van der Waals surface area (Å²) in [5.41, 5.74) is 0.219. The minimum Gasteiger partial charge on any atom is -0.454 e. The van der Waals surface area contributed by atoms with Gasteiger partial charge >= 0.3 is 6.47 Å². The molecule has 10 heavy (non-hydrogen) atoms. The first-order valence-electron chi connectivity index (χ1n) is 3.48. The lowest BCUT2D eigenvalue weighted by Crippen LogP contribution is -2.17. The molecule has 0 rings (SSSR count). The van der Waals surface area contributed by atoms with E-state index in [1.165, 1.54) is 6.47 Å². The van der Waals surface area contributed by atoms with Crippen molar-refractivity contribution in [1.82, 2.24) is 0 Å². The van der Waals surface area contributed by atoms with Crippen LogP contribution >= 0.6 is 0 Å². The van der Waals surface area contributed by atoms with Crippen LogP contribution < -0.4 is 0 Å². The molecule has 0 bridgehead atoms. The molecule has 0 spiro atoms. The van der Waals surface area contributed by atoms with E-state index in [0.29, 0.717) is 0 Å². The third kappa shape index (κ3) is 5.60. The molecular formula is C8H15O2. The van der Waals surface area contributed by atoms with E-state index in [4.69, 9.17) is 0 Å². The second-order valence-corrected chi connectivity index (χ2v) is 3.78. The van der Waals surface area contributed by atoms with E-state index in [2.05, 4.69) is 25.5 Å². The summed E-state index contributed by atoms with van der Waals surface area (Å²) in [5.74, 6) is 0. The molecule has 0 saturated carbocycles. The standard InChI is InChI=1S/C8H15O2/c1-7(10-6-9)5-8(2,3)4/h7H,5H2,1-4H3. The van der Waals surface area contributed by atoms with Crippen LogP contribution in [-0.2, 0) is 9.53 Å². The van der Waals surface area contributed by atoms with E-state index < -0.39 is 0 Å². The smallest absolute Gasteiger partial charge is 0.417 e. The first-order chi connectivity index (χ1) is 4.45. The van der Waals surface area contributed by atoms with Crippen molar-refractivity contribution in [2.24, 2.45) is 5.41 Å². The van der Waals surface area contributed by atoms with Gasteiger partial charge in [-0.2, -0.15) is 0 Å². The van der Waals surface area contributed by atoms with E-state index >= 15 is 0 Å². The molecular weight excluding hydrogens is 128 g/mol. The van der Waals surface area contributed by atoms with Crippen molar-refractivity contribution in [3.63, 3.8) is 0 Å². The van der Waals surface area contributed by atoms with Crippen molar-refractivity contribution in [3.8, 4) is 0 Å². The lowest BCUT2D eigenvalue weighted by molar-refractivity contribution is 0.142. The highest BCUT2D eigenvalue weighted by Gasteiger charge is 2.15. The Labute approximate surface area is 62.6 Å². The number of hydrogen-bond acceptors (Lipinski definition) is 2. The van der Waals surface area contributed by atoms with E-state index in [1.54, 1.807) is 0 Å². The van der Waals surface area contributed by atoms with E-state index in [1.807, 2.05) is 6.92 Å². The molecule has 0 amide bonds. The van der Waals surface area contributed by atoms with Crippen molar-refractivity contribution in [3.05, 3.63) is 0 Å². The molecule has 59 valence electrons. The summed E-state index contributed by atoms with van der Waals surface area (Å²) < 4.78 is 4.61. The van der Waals surface area contributed by atoms with Crippen LogP contribution in [0, 0.1) is 5.41 Å². The molecule has 0 aromatic heterocycles. The summed E-state index contributed by atoms with van der Waals surface area (Å²) in [6, 6.07) is 0. The zero-order valence-electron chi connectivity index (χ0n) is 7.10. The van der Waals surface area contributed by atoms with Crippen LogP contribution in [0.1, 0.15) is 34.1 Å². The first-order valence-corrected chi connectivity index (χ1v) is 3.48. The highest BCUT2D eigenvalue weighted by molar-refractivity contribution is 5.38. The zero-order valence-corrected chi connectivity index (χ0v) is 7.10. The van der Waals surface area contributed by atoms with Crippen LogP contribution in [0.25, 0.3) is 0 Å². The van der Waals surface area contributed by atoms with Gasteiger partial charge in [0.1, 0.15) is 6.10 Å². The summed E-state index contributed by atoms with van der Waals surface area (Å²) in [6.07, 6.45) is 0.861. The fourth-order valence-corrected chi connectivity index (χ4v) is 0.986. The minimum absolute atomic E-state index is 0.0162. The average Bonchev–Trinajstić information content (AvgIpc) is 1.59. The van der Waals surface area contributed by atoms with E-state index in [-0.39, 0.29) is 11.5 Å². The summed E-state index contributed by atoms with van der Waals surface area (Å²) >= 11 is 0. The molecule has 0 aliphatic heterocycles. The number of ether oxygens (including phenoxy) is 1. The van der Waals surface area contributed by atoms with E-state index in [9.17, 15) is 4.79 Å². The zero-order chi connectivity index (χ0) is 8.20. The Morgan fingerprint density at radius 3 is 2.30 bits per heavy atom. The van der Waals surface area contributed by atoms with Gasteiger partial charge in [0.25, 0.3) is 0 Å². The molecule has 0 fully saturated rings. The molecule has 0 aliphatic rings. The molecule has 0 saturated heterocycles. The Hall–Kier alpha value is -0.530. The normalized spacial score (nSPS) is 14.4. The maximum absolute atomic E-state index is 9.75. The molecule has 1 atom stereocenters. The van der Waals surface area contributed by atoms with Gasteiger partial charge in [0.2, 0.25) is 0 Å². The largest absolute Gasteiger partial charge is 0.454 e. The molecule has 1 unspecified atom stereocenters. The lowest BCUT2D eigenvalue weighted by Gasteiger charge is -2.21. The Morgan fingerprint density at radius 2 is 2.00 bits per heavy atom. The Kier molecular flexibility index (Phi) is 3.40. The van der Waals surface area contributed by atoms with E-state index in [0.717, 1.165) is 6.42 Å². The summed E-state index contributed by atoms with van der Waals surface area (Å²) in [4.78, 5) is 9.75. The lowest BCUT2D eigenvalue weighted by atomic mass is 9.90. The molecule has 0 aromatic rings. The second-order valence-electron chi connectivity index (χ2n) is 3.78. The third-order valence-corrected chi connectivity index (χ3v) is 1.15. The molecule has 1 radical (unpaired) electrons. The van der Waals surface area contributed by atoms with Gasteiger partial charge in [-0.3, -0.25) is 0 Å². The van der Waals surface area contributed by atoms with Crippen LogP contribution in [0.2, 0.25) is 0 Å². The monoisotopic (exact) mass is 143 g/mol. The fraction of sp³-hybridized carbons (Fsp3) is 0.875. The topological polar surface area (TPSA) is 26.3 Å². The quantitative estimate of drug-likeness (QED) is 0.603. The molecule has 2 nitrogen and oxygen atoms in total. The van der Waals surface area contributed by atoms with Crippen LogP contribution in [0.15, 0.2) is 0 Å². The van der Waals surface area contributed by atoms with Gasteiger partial charge in [0, 0.05) is 0 Å². The molecule has 0 aromatic carbocycles. The molecule has 2 heteroatoms. The van der Waals surface area contributed by atoms with Gasteiger partial charge in [0.15, 0.2) is 0 Å². The van der Waals surface area contributed by atoms with Gasteiger partial charge < -0.3 is 4.74 Å². The summed E-state index contributed by atoms with van der Waals surface area (Å²) in [6.45, 7) is 9.64. The predicted octanol–water partition coefficient (Wildman–Crippen LogP) is 1.89. The fourth-order valence-electron chi connectivity index (χ4n) is 0.986. The SMILES string of the molecule is CC(CC(C)(C)C)O[C]=O. The molecule has 0 heterocycles. The minimum atomic E-state index is -0.0162. The highest BCUT2D eigenvalue weighted by Crippen LogP contribution is 2.21. The van der Waals surface area contributed by atoms with Gasteiger partial charge in [-0.25, -0.2) is 4.79 Å². The van der Waals surface area contributed by atoms with Crippen molar-refractivity contribution in [1.29, 1.82) is 0 Å². The van der Waals surface area contributed by atoms with Crippen molar-refractivity contribution in [2.45, 2.75) is 40.2 Å². The Balaban J connectivity index is 3.56. The van der Waals surface area contributed by atoms with Gasteiger partial charge in [-0.05, 0) is 18.8 Å². The van der Waals surface area contributed by atoms with Gasteiger partial charge in [0.05, 0.1) is 0 Å². The van der Waals surface area contributed by atoms with Crippen LogP contribution in [0.3, 0.4) is 0 Å². The highest BCUT2D eigenvalue weighted by atomic mass is 16.5. The maximum atomic E-state index is 9.75. The number of carbonyl (C=O) groups excluding carboxylic acids is 1. The van der Waals surface area contributed by atoms with Crippen LogP contribution in [0.4, 0.5) is 0 Å². The van der Waals surface area contributed by atoms with Crippen molar-refractivity contribution < 1.29 is 9.53 Å². The van der Waals surface area contributed by atoms with Gasteiger partial charge in [-0.1, -0.05) is 20.8 Å². The Bertz CT molecular complexity index is 102. The second kappa shape index (κ2) is 3.59. The van der Waals surface area contributed by atoms with Gasteiger partial charge in [-0.15, -0.1) is 0 Å². The predicted molar refractivity (Wildman–Crippen MR) is 40.3 cm³/mol. The summed E-state index contributed by atoms with van der Waals surface area (Å²) in [5, 5.41) is 0. The average molecular weight is 143 g/mol. The Morgan fingerprint density at radius 1 is 1.50 bits per heavy atom. The number of rotatable bonds is 3. The first kappa shape index (κ1) is 9.47. The van der Waals surface area contributed by atoms with Crippen LogP contribution in [0.5, 0.6) is 0 Å². The third-order valence-electron chi connectivity index (χ3n) is 1.15. The van der Waals surface area contributed by atoms with Crippen LogP contribution in [-0.4, -0.2) is 12.6 Å². The molecule has 0 N–H and O–H groups in total. The van der Waals surface area contributed by atoms with Crippen molar-refractivity contribution >= 4 is 6.47 Å². The molecule has 0 aliphatic carbocycles. The van der Waals surface area contributed by atoms with Crippen molar-refractivity contribution in [2.75, 3.05) is 0 Å². The summed E-state index contributed by atoms with van der Waals surface area (Å²) in [7, 11) is 0. The number of hydrogen-bond donors (Lipinski definition) is 0.